The third-order valence-electron chi connectivity index (χ3n) is 3.01. The first-order valence-corrected chi connectivity index (χ1v) is 8.73. The van der Waals surface area contributed by atoms with Gasteiger partial charge in [-0.1, -0.05) is 53.1 Å². The van der Waals surface area contributed by atoms with E-state index in [1.165, 1.54) is 12.0 Å². The highest BCUT2D eigenvalue weighted by molar-refractivity contribution is 8.26. The van der Waals surface area contributed by atoms with Crippen molar-refractivity contribution in [2.75, 3.05) is 20.3 Å². The van der Waals surface area contributed by atoms with Gasteiger partial charge in [0, 0.05) is 0 Å². The van der Waals surface area contributed by atoms with Crippen LogP contribution in [0.1, 0.15) is 5.56 Å². The van der Waals surface area contributed by atoms with E-state index in [2.05, 4.69) is 10.7 Å². The van der Waals surface area contributed by atoms with Crippen LogP contribution >= 0.6 is 47.2 Å². The molecule has 1 aromatic rings. The van der Waals surface area contributed by atoms with Crippen molar-refractivity contribution >= 4 is 69.5 Å². The maximum absolute atomic E-state index is 12.4. The van der Waals surface area contributed by atoms with E-state index in [1.54, 1.807) is 18.2 Å². The van der Waals surface area contributed by atoms with Crippen LogP contribution in [0, 0.1) is 12.3 Å². The number of methoxy groups -OCH3 is 1. The summed E-state index contributed by atoms with van der Waals surface area (Å²) < 4.78 is 10.1. The van der Waals surface area contributed by atoms with Crippen molar-refractivity contribution in [1.82, 2.24) is 4.90 Å². The number of hydrogen-bond donors (Lipinski definition) is 0. The summed E-state index contributed by atoms with van der Waals surface area (Å²) in [6.45, 7) is -0.205. The standard InChI is InChI=1S/C16H11Cl2NO4S2/c1-3-4-23-14-10(17)5-9(6-11(14)18)7-12-15(21)19(16(24)25-12)8-13(20)22-2/h1,5-7H,4,8H2,2H3/b12-7-. The number of rotatable bonds is 5. The molecular formula is C16H11Cl2NO4S2. The third kappa shape index (κ3) is 4.67. The Balaban J connectivity index is 2.26. The molecule has 1 aromatic carbocycles. The van der Waals surface area contributed by atoms with Crippen molar-refractivity contribution in [3.8, 4) is 18.1 Å². The topological polar surface area (TPSA) is 55.8 Å². The second kappa shape index (κ2) is 8.59. The number of benzene rings is 1. The molecule has 5 nitrogen and oxygen atoms in total. The number of esters is 1. The molecule has 0 aliphatic carbocycles. The van der Waals surface area contributed by atoms with Gasteiger partial charge >= 0.3 is 5.97 Å². The number of halogens is 2. The SMILES string of the molecule is C#CCOc1c(Cl)cc(/C=C2\SC(=S)N(CC(=O)OC)C2=O)cc1Cl. The number of amides is 1. The van der Waals surface area contributed by atoms with E-state index in [4.69, 9.17) is 46.6 Å². The Labute approximate surface area is 164 Å². The fraction of sp³-hybridized carbons (Fsp3) is 0.188. The summed E-state index contributed by atoms with van der Waals surface area (Å²) in [4.78, 5) is 25.3. The van der Waals surface area contributed by atoms with Gasteiger partial charge in [-0.05, 0) is 23.8 Å². The number of carbonyl (C=O) groups is 2. The maximum Gasteiger partial charge on any atom is 0.325 e. The summed E-state index contributed by atoms with van der Waals surface area (Å²) in [6, 6.07) is 3.18. The minimum atomic E-state index is -0.557. The van der Waals surface area contributed by atoms with Gasteiger partial charge in [0.05, 0.1) is 22.1 Å². The number of carbonyl (C=O) groups excluding carboxylic acids is 2. The lowest BCUT2D eigenvalue weighted by Gasteiger charge is -2.12. The molecule has 130 valence electrons. The Kier molecular flexibility index (Phi) is 6.73. The first kappa shape index (κ1) is 19.6. The van der Waals surface area contributed by atoms with E-state index < -0.39 is 5.97 Å². The Morgan fingerprint density at radius 1 is 1.44 bits per heavy atom. The number of ether oxygens (including phenoxy) is 2. The van der Waals surface area contributed by atoms with E-state index in [9.17, 15) is 9.59 Å². The van der Waals surface area contributed by atoms with Gasteiger partial charge in [0.2, 0.25) is 0 Å². The van der Waals surface area contributed by atoms with Gasteiger partial charge in [-0.15, -0.1) is 6.42 Å². The van der Waals surface area contributed by atoms with Crippen LogP contribution in [0.4, 0.5) is 0 Å². The van der Waals surface area contributed by atoms with Crippen LogP contribution in [0.5, 0.6) is 5.75 Å². The summed E-state index contributed by atoms with van der Waals surface area (Å²) in [6.07, 6.45) is 6.72. The molecule has 0 saturated carbocycles. The van der Waals surface area contributed by atoms with Crippen LogP contribution in [0.25, 0.3) is 6.08 Å². The first-order valence-electron chi connectivity index (χ1n) is 6.75. The quantitative estimate of drug-likeness (QED) is 0.318. The largest absolute Gasteiger partial charge is 0.478 e. The molecule has 0 spiro atoms. The zero-order valence-corrected chi connectivity index (χ0v) is 16.0. The zero-order valence-electron chi connectivity index (χ0n) is 12.9. The molecule has 0 atom stereocenters. The number of nitrogens with zero attached hydrogens (tertiary/aromatic N) is 1. The lowest BCUT2D eigenvalue weighted by molar-refractivity contribution is -0.143. The molecule has 9 heteroatoms. The van der Waals surface area contributed by atoms with Gasteiger partial charge < -0.3 is 9.47 Å². The lowest BCUT2D eigenvalue weighted by Crippen LogP contribution is -2.33. The Bertz CT molecular complexity index is 794. The minimum absolute atomic E-state index is 0.0327. The molecule has 2 rings (SSSR count). The summed E-state index contributed by atoms with van der Waals surface area (Å²) in [7, 11) is 1.24. The number of thioether (sulfide) groups is 1. The Morgan fingerprint density at radius 2 is 2.08 bits per heavy atom. The van der Waals surface area contributed by atoms with Gasteiger partial charge in [-0.3, -0.25) is 14.5 Å². The number of thiocarbonyl (C=S) groups is 1. The smallest absolute Gasteiger partial charge is 0.325 e. The maximum atomic E-state index is 12.4. The van der Waals surface area contributed by atoms with Crippen LogP contribution in [0.3, 0.4) is 0 Å². The molecule has 0 unspecified atom stereocenters. The highest BCUT2D eigenvalue weighted by Crippen LogP contribution is 2.37. The van der Waals surface area contributed by atoms with E-state index >= 15 is 0 Å². The van der Waals surface area contributed by atoms with Crippen LogP contribution in [0.15, 0.2) is 17.0 Å². The van der Waals surface area contributed by atoms with E-state index in [0.717, 1.165) is 11.8 Å². The van der Waals surface area contributed by atoms with Crippen molar-refractivity contribution in [2.45, 2.75) is 0 Å². The monoisotopic (exact) mass is 415 g/mol. The van der Waals surface area contributed by atoms with Crippen LogP contribution in [-0.4, -0.2) is 41.4 Å². The van der Waals surface area contributed by atoms with Gasteiger partial charge in [-0.25, -0.2) is 0 Å². The molecule has 1 heterocycles. The zero-order chi connectivity index (χ0) is 18.6. The van der Waals surface area contributed by atoms with Crippen LogP contribution < -0.4 is 4.74 Å². The Morgan fingerprint density at radius 3 is 2.64 bits per heavy atom. The molecule has 0 radical (unpaired) electrons. The average Bonchev–Trinajstić information content (AvgIpc) is 2.81. The minimum Gasteiger partial charge on any atom is -0.478 e. The van der Waals surface area contributed by atoms with Crippen LogP contribution in [-0.2, 0) is 14.3 Å². The molecule has 1 saturated heterocycles. The van der Waals surface area contributed by atoms with E-state index in [0.29, 0.717) is 10.5 Å². The third-order valence-corrected chi connectivity index (χ3v) is 4.95. The molecule has 25 heavy (non-hydrogen) atoms. The van der Waals surface area contributed by atoms with Crippen molar-refractivity contribution in [3.63, 3.8) is 0 Å². The first-order chi connectivity index (χ1) is 11.9. The van der Waals surface area contributed by atoms with Gasteiger partial charge in [0.15, 0.2) is 5.75 Å². The van der Waals surface area contributed by atoms with Crippen molar-refractivity contribution in [2.24, 2.45) is 0 Å². The number of terminal acetylenes is 1. The normalized spacial score (nSPS) is 15.4. The highest BCUT2D eigenvalue weighted by atomic mass is 35.5. The summed E-state index contributed by atoms with van der Waals surface area (Å²) in [5.74, 6) is 1.65. The fourth-order valence-corrected chi connectivity index (χ4v) is 3.76. The molecule has 1 aliphatic rings. The second-order valence-corrected chi connectivity index (χ2v) is 7.14. The Hall–Kier alpha value is -1.72. The molecule has 1 aliphatic heterocycles. The summed E-state index contributed by atoms with van der Waals surface area (Å²) in [5, 5.41) is 0.526. The van der Waals surface area contributed by atoms with Crippen molar-refractivity contribution in [3.05, 3.63) is 32.6 Å². The lowest BCUT2D eigenvalue weighted by atomic mass is 10.2. The number of hydrogen-bond acceptors (Lipinski definition) is 6. The van der Waals surface area contributed by atoms with E-state index in [1.807, 2.05) is 0 Å². The predicted octanol–water partition coefficient (Wildman–Crippen LogP) is 3.38. The predicted molar refractivity (Wildman–Crippen MR) is 103 cm³/mol. The van der Waals surface area contributed by atoms with Gasteiger partial charge in [0.25, 0.3) is 5.91 Å². The molecule has 0 aromatic heterocycles. The second-order valence-electron chi connectivity index (χ2n) is 4.65. The summed E-state index contributed by atoms with van der Waals surface area (Å²) >= 11 is 18.5. The van der Waals surface area contributed by atoms with Gasteiger partial charge in [-0.2, -0.15) is 0 Å². The van der Waals surface area contributed by atoms with Crippen LogP contribution in [0.2, 0.25) is 10.0 Å². The molecule has 1 amide bonds. The fourth-order valence-electron chi connectivity index (χ4n) is 1.90. The molecule has 0 bridgehead atoms. The molecular weight excluding hydrogens is 405 g/mol. The average molecular weight is 416 g/mol. The summed E-state index contributed by atoms with van der Waals surface area (Å²) in [5.41, 5.74) is 0.585. The molecule has 0 N–H and O–H groups in total. The van der Waals surface area contributed by atoms with Gasteiger partial charge in [0.1, 0.15) is 17.5 Å². The highest BCUT2D eigenvalue weighted by Gasteiger charge is 2.33. The molecule has 1 fully saturated rings. The van der Waals surface area contributed by atoms with Crippen molar-refractivity contribution in [1.29, 1.82) is 0 Å². The van der Waals surface area contributed by atoms with E-state index in [-0.39, 0.29) is 39.2 Å². The van der Waals surface area contributed by atoms with Crippen molar-refractivity contribution < 1.29 is 19.1 Å².